The van der Waals surface area contributed by atoms with E-state index in [0.717, 1.165) is 29.7 Å². The summed E-state index contributed by atoms with van der Waals surface area (Å²) in [5.74, 6) is 1.84. The number of phenols is 1. The smallest absolute Gasteiger partial charge is 0.120 e. The summed E-state index contributed by atoms with van der Waals surface area (Å²) >= 11 is 0. The Morgan fingerprint density at radius 1 is 1.06 bits per heavy atom. The zero-order valence-electron chi connectivity index (χ0n) is 18.9. The minimum atomic E-state index is 0.316. The second kappa shape index (κ2) is 8.97. The van der Waals surface area contributed by atoms with Gasteiger partial charge in [-0.15, -0.1) is 0 Å². The molecule has 0 heterocycles. The van der Waals surface area contributed by atoms with Crippen LogP contribution < -0.4 is 4.74 Å². The molecule has 0 bridgehead atoms. The Morgan fingerprint density at radius 3 is 2.58 bits per heavy atom. The lowest BCUT2D eigenvalue weighted by Crippen LogP contribution is -2.01. The zero-order valence-corrected chi connectivity index (χ0v) is 18.9. The minimum absolute atomic E-state index is 0.316. The molecule has 4 rings (SSSR count). The van der Waals surface area contributed by atoms with Crippen molar-refractivity contribution in [2.24, 2.45) is 4.99 Å². The molecule has 0 spiro atoms. The van der Waals surface area contributed by atoms with Gasteiger partial charge in [0.1, 0.15) is 18.1 Å². The molecule has 0 aromatic heterocycles. The molecule has 0 aliphatic heterocycles. The average molecular weight is 414 g/mol. The van der Waals surface area contributed by atoms with Crippen molar-refractivity contribution >= 4 is 6.21 Å². The summed E-state index contributed by atoms with van der Waals surface area (Å²) in [5.41, 5.74) is 9.82. The van der Waals surface area contributed by atoms with Crippen LogP contribution in [0.3, 0.4) is 0 Å². The summed E-state index contributed by atoms with van der Waals surface area (Å²) in [6, 6.07) is 16.6. The van der Waals surface area contributed by atoms with Crippen LogP contribution in [0, 0.1) is 20.8 Å². The SMILES string of the molecule is CN=CCC1CCc2cc(OCc3cccc(-c4c(C)cc(O)cc4C)c3C)ccc21. The molecule has 1 aliphatic carbocycles. The van der Waals surface area contributed by atoms with Gasteiger partial charge >= 0.3 is 0 Å². The van der Waals surface area contributed by atoms with Gasteiger partial charge in [-0.1, -0.05) is 24.3 Å². The van der Waals surface area contributed by atoms with E-state index in [1.807, 2.05) is 25.4 Å². The molecule has 160 valence electrons. The third-order valence-corrected chi connectivity index (χ3v) is 6.52. The van der Waals surface area contributed by atoms with Crippen molar-refractivity contribution in [1.82, 2.24) is 0 Å². The molecule has 0 fully saturated rings. The van der Waals surface area contributed by atoms with E-state index in [4.69, 9.17) is 4.74 Å². The third kappa shape index (κ3) is 4.36. The van der Waals surface area contributed by atoms with Gasteiger partial charge in [-0.05, 0) is 121 Å². The van der Waals surface area contributed by atoms with Crippen molar-refractivity contribution in [3.63, 3.8) is 0 Å². The first kappa shape index (κ1) is 21.2. The van der Waals surface area contributed by atoms with Gasteiger partial charge in [-0.25, -0.2) is 0 Å². The van der Waals surface area contributed by atoms with Crippen LogP contribution in [0.1, 0.15) is 52.1 Å². The molecular weight excluding hydrogens is 382 g/mol. The summed E-state index contributed by atoms with van der Waals surface area (Å²) in [7, 11) is 1.84. The van der Waals surface area contributed by atoms with Crippen molar-refractivity contribution in [2.75, 3.05) is 7.05 Å². The number of hydrogen-bond acceptors (Lipinski definition) is 3. The van der Waals surface area contributed by atoms with E-state index in [1.165, 1.54) is 39.8 Å². The van der Waals surface area contributed by atoms with E-state index in [2.05, 4.69) is 62.2 Å². The van der Waals surface area contributed by atoms with Crippen LogP contribution >= 0.6 is 0 Å². The van der Waals surface area contributed by atoms with Crippen molar-refractivity contribution in [3.8, 4) is 22.6 Å². The number of rotatable bonds is 6. The summed E-state index contributed by atoms with van der Waals surface area (Å²) in [5, 5.41) is 9.90. The van der Waals surface area contributed by atoms with Gasteiger partial charge in [-0.2, -0.15) is 0 Å². The fourth-order valence-electron chi connectivity index (χ4n) is 4.89. The standard InChI is InChI=1S/C28H31NO2/c1-18-14-24(30)15-19(2)28(18)26-7-5-6-23(20(26)3)17-31-25-10-11-27-21(12-13-29-4)8-9-22(27)16-25/h5-7,10-11,13-16,21,30H,8-9,12,17H2,1-4H3. The van der Waals surface area contributed by atoms with Crippen molar-refractivity contribution in [2.45, 2.75) is 52.6 Å². The van der Waals surface area contributed by atoms with Gasteiger partial charge in [0.15, 0.2) is 0 Å². The highest BCUT2D eigenvalue weighted by atomic mass is 16.5. The first-order chi connectivity index (χ1) is 15.0. The molecule has 1 atom stereocenters. The quantitative estimate of drug-likeness (QED) is 0.458. The van der Waals surface area contributed by atoms with Crippen LogP contribution in [0.2, 0.25) is 0 Å². The van der Waals surface area contributed by atoms with Gasteiger partial charge in [-0.3, -0.25) is 0 Å². The normalized spacial score (nSPS) is 15.4. The number of ether oxygens (including phenoxy) is 1. The van der Waals surface area contributed by atoms with Gasteiger partial charge in [0, 0.05) is 7.05 Å². The molecule has 3 nitrogen and oxygen atoms in total. The molecule has 0 radical (unpaired) electrons. The molecule has 0 saturated carbocycles. The Bertz CT molecular complexity index is 1110. The fourth-order valence-corrected chi connectivity index (χ4v) is 4.89. The maximum atomic E-state index is 9.90. The van der Waals surface area contributed by atoms with Crippen molar-refractivity contribution in [3.05, 3.63) is 81.9 Å². The molecule has 31 heavy (non-hydrogen) atoms. The van der Waals surface area contributed by atoms with Crippen molar-refractivity contribution in [1.29, 1.82) is 0 Å². The molecule has 3 aromatic carbocycles. The summed E-state index contributed by atoms with van der Waals surface area (Å²) in [6.07, 6.45) is 5.35. The second-order valence-electron chi connectivity index (χ2n) is 8.61. The zero-order chi connectivity index (χ0) is 22.0. The van der Waals surface area contributed by atoms with Gasteiger partial charge in [0.2, 0.25) is 0 Å². The van der Waals surface area contributed by atoms with Crippen LogP contribution in [0.5, 0.6) is 11.5 Å². The Kier molecular flexibility index (Phi) is 6.13. The lowest BCUT2D eigenvalue weighted by atomic mass is 9.90. The Hall–Kier alpha value is -3.07. The highest BCUT2D eigenvalue weighted by molar-refractivity contribution is 5.75. The van der Waals surface area contributed by atoms with E-state index >= 15 is 0 Å². The lowest BCUT2D eigenvalue weighted by Gasteiger charge is -2.17. The highest BCUT2D eigenvalue weighted by Gasteiger charge is 2.22. The topological polar surface area (TPSA) is 41.8 Å². The summed E-state index contributed by atoms with van der Waals surface area (Å²) < 4.78 is 6.22. The lowest BCUT2D eigenvalue weighted by molar-refractivity contribution is 0.305. The van der Waals surface area contributed by atoms with Crippen LogP contribution in [-0.4, -0.2) is 18.4 Å². The Balaban J connectivity index is 1.54. The summed E-state index contributed by atoms with van der Waals surface area (Å²) in [4.78, 5) is 4.14. The Labute approximate surface area is 185 Å². The predicted molar refractivity (Wildman–Crippen MR) is 129 cm³/mol. The fraction of sp³-hybridized carbons (Fsp3) is 0.321. The number of fused-ring (bicyclic) bond motifs is 1. The van der Waals surface area contributed by atoms with Crippen LogP contribution in [0.15, 0.2) is 53.5 Å². The number of phenolic OH excluding ortho intramolecular Hbond substituents is 1. The summed E-state index contributed by atoms with van der Waals surface area (Å²) in [6.45, 7) is 6.80. The average Bonchev–Trinajstić information content (AvgIpc) is 3.14. The Morgan fingerprint density at radius 2 is 1.84 bits per heavy atom. The molecule has 0 amide bonds. The number of hydrogen-bond donors (Lipinski definition) is 1. The number of aliphatic imine (C=N–C) groups is 1. The minimum Gasteiger partial charge on any atom is -0.508 e. The molecular formula is C28H31NO2. The molecule has 1 N–H and O–H groups in total. The molecule has 3 heteroatoms. The molecule has 1 unspecified atom stereocenters. The van der Waals surface area contributed by atoms with E-state index in [1.54, 1.807) is 0 Å². The monoisotopic (exact) mass is 413 g/mol. The molecule has 0 saturated heterocycles. The van der Waals surface area contributed by atoms with Crippen molar-refractivity contribution < 1.29 is 9.84 Å². The van der Waals surface area contributed by atoms with Gasteiger partial charge in [0.25, 0.3) is 0 Å². The molecule has 3 aromatic rings. The highest BCUT2D eigenvalue weighted by Crippen LogP contribution is 2.37. The molecule has 1 aliphatic rings. The van der Waals surface area contributed by atoms with E-state index in [9.17, 15) is 5.11 Å². The van der Waals surface area contributed by atoms with E-state index in [-0.39, 0.29) is 0 Å². The maximum absolute atomic E-state index is 9.90. The van der Waals surface area contributed by atoms with Crippen LogP contribution in [0.25, 0.3) is 11.1 Å². The van der Waals surface area contributed by atoms with Gasteiger partial charge < -0.3 is 14.8 Å². The first-order valence-electron chi connectivity index (χ1n) is 11.0. The number of aryl methyl sites for hydroxylation is 3. The first-order valence-corrected chi connectivity index (χ1v) is 11.0. The van der Waals surface area contributed by atoms with Crippen LogP contribution in [0.4, 0.5) is 0 Å². The number of aromatic hydroxyl groups is 1. The largest absolute Gasteiger partial charge is 0.508 e. The number of benzene rings is 3. The maximum Gasteiger partial charge on any atom is 0.120 e. The predicted octanol–water partition coefficient (Wildman–Crippen LogP) is 6.68. The number of nitrogens with zero attached hydrogens (tertiary/aromatic N) is 1. The van der Waals surface area contributed by atoms with Gasteiger partial charge in [0.05, 0.1) is 0 Å². The second-order valence-corrected chi connectivity index (χ2v) is 8.61. The van der Waals surface area contributed by atoms with E-state index in [0.29, 0.717) is 18.3 Å². The third-order valence-electron chi connectivity index (χ3n) is 6.52. The van der Waals surface area contributed by atoms with E-state index < -0.39 is 0 Å². The van der Waals surface area contributed by atoms with Crippen LogP contribution in [-0.2, 0) is 13.0 Å².